The number of halogens is 1. The molecule has 1 amide bonds. The van der Waals surface area contributed by atoms with E-state index in [1.54, 1.807) is 13.1 Å². The summed E-state index contributed by atoms with van der Waals surface area (Å²) in [6, 6.07) is 11.7. The van der Waals surface area contributed by atoms with Crippen LogP contribution >= 0.6 is 15.9 Å². The summed E-state index contributed by atoms with van der Waals surface area (Å²) < 4.78 is 0.893. The SMILES string of the molecule is CNc1ccc(C(=O)N[C@H](C)c2ccccc2Br)cc1[N+](=O)[O-]. The van der Waals surface area contributed by atoms with Gasteiger partial charge in [-0.1, -0.05) is 34.1 Å². The molecule has 0 aliphatic heterocycles. The Bertz CT molecular complexity index is 749. The van der Waals surface area contributed by atoms with Crippen molar-refractivity contribution < 1.29 is 9.72 Å². The summed E-state index contributed by atoms with van der Waals surface area (Å²) in [7, 11) is 1.59. The lowest BCUT2D eigenvalue weighted by molar-refractivity contribution is -0.384. The highest BCUT2D eigenvalue weighted by atomic mass is 79.9. The second kappa shape index (κ2) is 7.23. The topological polar surface area (TPSA) is 84.3 Å². The molecule has 0 bridgehead atoms. The third-order valence-electron chi connectivity index (χ3n) is 3.45. The zero-order chi connectivity index (χ0) is 17.0. The number of nitrogens with one attached hydrogen (secondary N) is 2. The molecule has 0 radical (unpaired) electrons. The fourth-order valence-electron chi connectivity index (χ4n) is 2.22. The molecule has 0 fully saturated rings. The molecule has 0 saturated heterocycles. The van der Waals surface area contributed by atoms with Crippen molar-refractivity contribution in [3.05, 3.63) is 68.2 Å². The van der Waals surface area contributed by atoms with Crippen LogP contribution in [0.25, 0.3) is 0 Å². The Morgan fingerprint density at radius 2 is 1.96 bits per heavy atom. The van der Waals surface area contributed by atoms with Gasteiger partial charge in [-0.3, -0.25) is 14.9 Å². The first-order chi connectivity index (χ1) is 10.9. The number of carbonyl (C=O) groups excluding carboxylic acids is 1. The first-order valence-electron chi connectivity index (χ1n) is 6.95. The van der Waals surface area contributed by atoms with E-state index < -0.39 is 4.92 Å². The molecule has 0 aliphatic rings. The maximum atomic E-state index is 12.3. The lowest BCUT2D eigenvalue weighted by Crippen LogP contribution is -2.27. The molecule has 0 heterocycles. The van der Waals surface area contributed by atoms with Gasteiger partial charge in [0.25, 0.3) is 11.6 Å². The van der Waals surface area contributed by atoms with Crippen molar-refractivity contribution in [1.29, 1.82) is 0 Å². The van der Waals surface area contributed by atoms with Gasteiger partial charge >= 0.3 is 0 Å². The molecular formula is C16H16BrN3O3. The normalized spacial score (nSPS) is 11.6. The van der Waals surface area contributed by atoms with E-state index in [9.17, 15) is 14.9 Å². The smallest absolute Gasteiger partial charge is 0.293 e. The molecule has 0 aromatic heterocycles. The van der Waals surface area contributed by atoms with E-state index in [0.717, 1.165) is 10.0 Å². The van der Waals surface area contributed by atoms with Crippen LogP contribution in [0, 0.1) is 10.1 Å². The van der Waals surface area contributed by atoms with Gasteiger partial charge in [0.15, 0.2) is 0 Å². The number of nitrogens with zero attached hydrogens (tertiary/aromatic N) is 1. The summed E-state index contributed by atoms with van der Waals surface area (Å²) in [5, 5.41) is 16.7. The summed E-state index contributed by atoms with van der Waals surface area (Å²) in [5.41, 5.74) is 1.41. The maximum absolute atomic E-state index is 12.3. The minimum absolute atomic E-state index is 0.131. The number of hydrogen-bond acceptors (Lipinski definition) is 4. The van der Waals surface area contributed by atoms with Crippen LogP contribution in [0.4, 0.5) is 11.4 Å². The maximum Gasteiger partial charge on any atom is 0.293 e. The van der Waals surface area contributed by atoms with E-state index >= 15 is 0 Å². The lowest BCUT2D eigenvalue weighted by Gasteiger charge is -2.16. The van der Waals surface area contributed by atoms with Crippen LogP contribution in [0.5, 0.6) is 0 Å². The highest BCUT2D eigenvalue weighted by molar-refractivity contribution is 9.10. The molecule has 7 heteroatoms. The van der Waals surface area contributed by atoms with Crippen molar-refractivity contribution in [3.63, 3.8) is 0 Å². The number of nitro groups is 1. The van der Waals surface area contributed by atoms with Gasteiger partial charge in [0.05, 0.1) is 11.0 Å². The molecule has 0 spiro atoms. The van der Waals surface area contributed by atoms with E-state index in [0.29, 0.717) is 5.69 Å². The van der Waals surface area contributed by atoms with Gasteiger partial charge in [0.1, 0.15) is 5.69 Å². The fourth-order valence-corrected chi connectivity index (χ4v) is 2.85. The predicted molar refractivity (Wildman–Crippen MR) is 92.7 cm³/mol. The molecule has 0 aliphatic carbocycles. The van der Waals surface area contributed by atoms with Crippen molar-refractivity contribution in [1.82, 2.24) is 5.32 Å². The Morgan fingerprint density at radius 1 is 1.26 bits per heavy atom. The van der Waals surface area contributed by atoms with Gasteiger partial charge in [-0.25, -0.2) is 0 Å². The number of carbonyl (C=O) groups is 1. The fraction of sp³-hybridized carbons (Fsp3) is 0.188. The highest BCUT2D eigenvalue weighted by Crippen LogP contribution is 2.26. The molecule has 0 saturated carbocycles. The molecule has 2 aromatic rings. The molecule has 2 rings (SSSR count). The second-order valence-electron chi connectivity index (χ2n) is 4.96. The summed E-state index contributed by atoms with van der Waals surface area (Å²) in [6.07, 6.45) is 0. The number of rotatable bonds is 5. The number of hydrogen-bond donors (Lipinski definition) is 2. The van der Waals surface area contributed by atoms with Crippen LogP contribution in [0.3, 0.4) is 0 Å². The van der Waals surface area contributed by atoms with Crippen molar-refractivity contribution in [2.45, 2.75) is 13.0 Å². The molecule has 23 heavy (non-hydrogen) atoms. The average molecular weight is 378 g/mol. The minimum Gasteiger partial charge on any atom is -0.383 e. The van der Waals surface area contributed by atoms with Crippen molar-refractivity contribution in [2.24, 2.45) is 0 Å². The van der Waals surface area contributed by atoms with E-state index in [2.05, 4.69) is 26.6 Å². The van der Waals surface area contributed by atoms with Crippen LogP contribution < -0.4 is 10.6 Å². The predicted octanol–water partition coefficient (Wildman–Crippen LogP) is 3.89. The van der Waals surface area contributed by atoms with Gasteiger partial charge in [0, 0.05) is 23.2 Å². The monoisotopic (exact) mass is 377 g/mol. The Hall–Kier alpha value is -2.41. The van der Waals surface area contributed by atoms with Gasteiger partial charge < -0.3 is 10.6 Å². The number of benzene rings is 2. The zero-order valence-electron chi connectivity index (χ0n) is 12.7. The van der Waals surface area contributed by atoms with E-state index in [-0.39, 0.29) is 23.2 Å². The summed E-state index contributed by atoms with van der Waals surface area (Å²) in [5.74, 6) is -0.362. The van der Waals surface area contributed by atoms with Gasteiger partial charge in [0.2, 0.25) is 0 Å². The van der Waals surface area contributed by atoms with E-state index in [1.807, 2.05) is 31.2 Å². The van der Waals surface area contributed by atoms with E-state index in [4.69, 9.17) is 0 Å². The Morgan fingerprint density at radius 3 is 2.57 bits per heavy atom. The van der Waals surface area contributed by atoms with Crippen molar-refractivity contribution in [3.8, 4) is 0 Å². The number of anilines is 1. The third-order valence-corrected chi connectivity index (χ3v) is 4.17. The third kappa shape index (κ3) is 3.87. The van der Waals surface area contributed by atoms with Gasteiger partial charge in [-0.05, 0) is 30.7 Å². The van der Waals surface area contributed by atoms with Gasteiger partial charge in [-0.15, -0.1) is 0 Å². The molecule has 120 valence electrons. The molecular weight excluding hydrogens is 362 g/mol. The highest BCUT2D eigenvalue weighted by Gasteiger charge is 2.18. The van der Waals surface area contributed by atoms with Crippen LogP contribution in [0.15, 0.2) is 46.9 Å². The summed E-state index contributed by atoms with van der Waals surface area (Å²) >= 11 is 3.44. The first-order valence-corrected chi connectivity index (χ1v) is 7.74. The zero-order valence-corrected chi connectivity index (χ0v) is 14.3. The van der Waals surface area contributed by atoms with Crippen molar-refractivity contribution >= 4 is 33.2 Å². The number of amides is 1. The summed E-state index contributed by atoms with van der Waals surface area (Å²) in [6.45, 7) is 1.86. The average Bonchev–Trinajstić information content (AvgIpc) is 2.54. The van der Waals surface area contributed by atoms with E-state index in [1.165, 1.54) is 12.1 Å². The molecule has 0 unspecified atom stereocenters. The van der Waals surface area contributed by atoms with Crippen LogP contribution in [0.2, 0.25) is 0 Å². The first kappa shape index (κ1) is 17.0. The van der Waals surface area contributed by atoms with Crippen LogP contribution in [-0.2, 0) is 0 Å². The minimum atomic E-state index is -0.514. The Balaban J connectivity index is 2.22. The molecule has 6 nitrogen and oxygen atoms in total. The van der Waals surface area contributed by atoms with Gasteiger partial charge in [-0.2, -0.15) is 0 Å². The van der Waals surface area contributed by atoms with Crippen LogP contribution in [0.1, 0.15) is 28.9 Å². The molecule has 1 atom stereocenters. The second-order valence-corrected chi connectivity index (χ2v) is 5.81. The Labute approximate surface area is 142 Å². The van der Waals surface area contributed by atoms with Crippen molar-refractivity contribution in [2.75, 3.05) is 12.4 Å². The largest absolute Gasteiger partial charge is 0.383 e. The molecule has 2 N–H and O–H groups in total. The Kier molecular flexibility index (Phi) is 5.33. The number of nitro benzene ring substituents is 1. The quantitative estimate of drug-likeness (QED) is 0.611. The molecule has 2 aromatic carbocycles. The van der Waals surface area contributed by atoms with Crippen LogP contribution in [-0.4, -0.2) is 17.9 Å². The standard InChI is InChI=1S/C16H16BrN3O3/c1-10(12-5-3-4-6-13(12)17)19-16(21)11-7-8-14(18-2)15(9-11)20(22)23/h3-10,18H,1-2H3,(H,19,21)/t10-/m1/s1. The summed E-state index contributed by atoms with van der Waals surface area (Å²) in [4.78, 5) is 22.9. The lowest BCUT2D eigenvalue weighted by atomic mass is 10.1.